The molecule has 1 aliphatic heterocycles. The summed E-state index contributed by atoms with van der Waals surface area (Å²) in [5.74, 6) is -0.110. The number of nitrogens with two attached hydrogens (primary N) is 1. The minimum Gasteiger partial charge on any atom is -0.326 e. The van der Waals surface area contributed by atoms with Crippen molar-refractivity contribution in [2.75, 3.05) is 13.1 Å². The van der Waals surface area contributed by atoms with Gasteiger partial charge < -0.3 is 11.1 Å². The molecule has 1 aliphatic rings. The van der Waals surface area contributed by atoms with Gasteiger partial charge in [-0.3, -0.25) is 0 Å². The van der Waals surface area contributed by atoms with E-state index in [4.69, 9.17) is 17.3 Å². The minimum absolute atomic E-state index is 0.0676. The van der Waals surface area contributed by atoms with Crippen LogP contribution in [0.15, 0.2) is 18.2 Å². The third-order valence-electron chi connectivity index (χ3n) is 2.62. The molecule has 2 rings (SSSR count). The van der Waals surface area contributed by atoms with Gasteiger partial charge >= 0.3 is 0 Å². The van der Waals surface area contributed by atoms with E-state index >= 15 is 0 Å². The fraction of sp³-hybridized carbons (Fsp3) is 0.400. The molecule has 0 spiro atoms. The van der Waals surface area contributed by atoms with Gasteiger partial charge in [0.2, 0.25) is 0 Å². The van der Waals surface area contributed by atoms with E-state index in [0.717, 1.165) is 18.7 Å². The van der Waals surface area contributed by atoms with Gasteiger partial charge in [0.05, 0.1) is 0 Å². The molecule has 14 heavy (non-hydrogen) atoms. The van der Waals surface area contributed by atoms with Gasteiger partial charge in [-0.05, 0) is 17.7 Å². The predicted molar refractivity (Wildman–Crippen MR) is 55.0 cm³/mol. The number of rotatable bonds is 1. The molecule has 0 aliphatic carbocycles. The smallest absolute Gasteiger partial charge is 0.124 e. The molecule has 2 atom stereocenters. The molecule has 3 N–H and O–H groups in total. The van der Waals surface area contributed by atoms with Crippen molar-refractivity contribution < 1.29 is 4.39 Å². The Bertz CT molecular complexity index is 343. The molecule has 0 saturated carbocycles. The van der Waals surface area contributed by atoms with Crippen molar-refractivity contribution in [2.24, 2.45) is 5.73 Å². The van der Waals surface area contributed by atoms with Gasteiger partial charge in [0.25, 0.3) is 0 Å². The van der Waals surface area contributed by atoms with Crippen LogP contribution in [0.1, 0.15) is 11.5 Å². The summed E-state index contributed by atoms with van der Waals surface area (Å²) in [6.45, 7) is 1.60. The van der Waals surface area contributed by atoms with Crippen molar-refractivity contribution in [1.29, 1.82) is 0 Å². The quantitative estimate of drug-likeness (QED) is 0.744. The molecular formula is C10H12ClFN2. The summed E-state index contributed by atoms with van der Waals surface area (Å²) in [5.41, 5.74) is 6.84. The Morgan fingerprint density at radius 2 is 2.21 bits per heavy atom. The Labute approximate surface area is 87.2 Å². The van der Waals surface area contributed by atoms with E-state index in [1.54, 1.807) is 6.07 Å². The fourth-order valence-corrected chi connectivity index (χ4v) is 2.15. The van der Waals surface area contributed by atoms with Crippen LogP contribution in [0.2, 0.25) is 5.02 Å². The van der Waals surface area contributed by atoms with E-state index < -0.39 is 0 Å². The number of benzene rings is 1. The molecule has 0 amide bonds. The first-order valence-electron chi connectivity index (χ1n) is 4.59. The second-order valence-corrected chi connectivity index (χ2v) is 4.00. The van der Waals surface area contributed by atoms with Crippen LogP contribution in [-0.4, -0.2) is 19.1 Å². The van der Waals surface area contributed by atoms with Crippen LogP contribution < -0.4 is 11.1 Å². The number of halogens is 2. The van der Waals surface area contributed by atoms with Crippen LogP contribution in [0.3, 0.4) is 0 Å². The molecule has 1 aromatic rings. The van der Waals surface area contributed by atoms with Gasteiger partial charge in [0, 0.05) is 30.1 Å². The minimum atomic E-state index is -0.307. The van der Waals surface area contributed by atoms with Crippen molar-refractivity contribution in [3.05, 3.63) is 34.6 Å². The van der Waals surface area contributed by atoms with E-state index in [-0.39, 0.29) is 17.8 Å². The van der Waals surface area contributed by atoms with Crippen LogP contribution in [-0.2, 0) is 0 Å². The molecule has 1 aromatic carbocycles. The van der Waals surface area contributed by atoms with E-state index in [0.29, 0.717) is 5.02 Å². The summed E-state index contributed by atoms with van der Waals surface area (Å²) in [5, 5.41) is 3.65. The Kier molecular flexibility index (Phi) is 2.72. The zero-order valence-corrected chi connectivity index (χ0v) is 8.39. The van der Waals surface area contributed by atoms with Gasteiger partial charge in [-0.2, -0.15) is 0 Å². The predicted octanol–water partition coefficient (Wildman–Crippen LogP) is 1.49. The Morgan fingerprint density at radius 1 is 1.43 bits per heavy atom. The van der Waals surface area contributed by atoms with E-state index in [1.807, 2.05) is 0 Å². The maximum Gasteiger partial charge on any atom is 0.124 e. The fourth-order valence-electron chi connectivity index (χ4n) is 1.84. The third-order valence-corrected chi connectivity index (χ3v) is 2.95. The molecule has 4 heteroatoms. The van der Waals surface area contributed by atoms with Gasteiger partial charge in [-0.1, -0.05) is 17.7 Å². The molecule has 0 aromatic heterocycles. The Hall–Kier alpha value is -0.640. The van der Waals surface area contributed by atoms with E-state index in [9.17, 15) is 4.39 Å². The number of hydrogen-bond acceptors (Lipinski definition) is 2. The Morgan fingerprint density at radius 3 is 2.79 bits per heavy atom. The highest BCUT2D eigenvalue weighted by molar-refractivity contribution is 6.31. The molecule has 1 saturated heterocycles. The van der Waals surface area contributed by atoms with Crippen molar-refractivity contribution in [2.45, 2.75) is 12.0 Å². The number of hydrogen-bond donors (Lipinski definition) is 2. The zero-order valence-electron chi connectivity index (χ0n) is 7.63. The SMILES string of the molecule is NC1CNCC1c1ccc(F)cc1Cl. The molecule has 76 valence electrons. The summed E-state index contributed by atoms with van der Waals surface area (Å²) in [6.07, 6.45) is 0. The average Bonchev–Trinajstić information content (AvgIpc) is 2.52. The first kappa shape index (κ1) is 9.90. The molecule has 1 fully saturated rings. The van der Waals surface area contributed by atoms with Crippen molar-refractivity contribution in [3.63, 3.8) is 0 Å². The lowest BCUT2D eigenvalue weighted by molar-refractivity contribution is 0.620. The summed E-state index contributed by atoms with van der Waals surface area (Å²) >= 11 is 5.95. The second-order valence-electron chi connectivity index (χ2n) is 3.59. The highest BCUT2D eigenvalue weighted by atomic mass is 35.5. The molecule has 0 radical (unpaired) electrons. The monoisotopic (exact) mass is 214 g/mol. The van der Waals surface area contributed by atoms with E-state index in [1.165, 1.54) is 12.1 Å². The lowest BCUT2D eigenvalue weighted by Crippen LogP contribution is -2.27. The maximum absolute atomic E-state index is 12.8. The molecule has 2 unspecified atom stereocenters. The van der Waals surface area contributed by atoms with Gasteiger partial charge in [-0.15, -0.1) is 0 Å². The van der Waals surface area contributed by atoms with Crippen molar-refractivity contribution in [3.8, 4) is 0 Å². The Balaban J connectivity index is 2.31. The standard InChI is InChI=1S/C10H12ClFN2/c11-9-3-6(12)1-2-7(9)8-4-14-5-10(8)13/h1-3,8,10,14H,4-5,13H2. The normalized spacial score (nSPS) is 26.8. The topological polar surface area (TPSA) is 38.0 Å². The van der Waals surface area contributed by atoms with Crippen LogP contribution in [0.4, 0.5) is 4.39 Å². The van der Waals surface area contributed by atoms with Crippen LogP contribution >= 0.6 is 11.6 Å². The van der Waals surface area contributed by atoms with Gasteiger partial charge in [0.1, 0.15) is 5.82 Å². The summed E-state index contributed by atoms with van der Waals surface area (Å²) in [4.78, 5) is 0. The highest BCUT2D eigenvalue weighted by Crippen LogP contribution is 2.28. The first-order valence-corrected chi connectivity index (χ1v) is 4.97. The van der Waals surface area contributed by atoms with E-state index in [2.05, 4.69) is 5.32 Å². The maximum atomic E-state index is 12.8. The summed E-state index contributed by atoms with van der Waals surface area (Å²) in [7, 11) is 0. The zero-order chi connectivity index (χ0) is 10.1. The van der Waals surface area contributed by atoms with Crippen molar-refractivity contribution in [1.82, 2.24) is 5.32 Å². The summed E-state index contributed by atoms with van der Waals surface area (Å²) < 4.78 is 12.8. The molecule has 1 heterocycles. The third kappa shape index (κ3) is 1.75. The summed E-state index contributed by atoms with van der Waals surface area (Å²) in [6, 6.07) is 4.54. The lowest BCUT2D eigenvalue weighted by Gasteiger charge is -2.15. The largest absolute Gasteiger partial charge is 0.326 e. The van der Waals surface area contributed by atoms with Crippen LogP contribution in [0.5, 0.6) is 0 Å². The van der Waals surface area contributed by atoms with Gasteiger partial charge in [-0.25, -0.2) is 4.39 Å². The molecule has 0 bridgehead atoms. The second kappa shape index (κ2) is 3.85. The molecule has 2 nitrogen and oxygen atoms in total. The van der Waals surface area contributed by atoms with Gasteiger partial charge in [0.15, 0.2) is 0 Å². The highest BCUT2D eigenvalue weighted by Gasteiger charge is 2.26. The van der Waals surface area contributed by atoms with Crippen LogP contribution in [0.25, 0.3) is 0 Å². The molecular weight excluding hydrogens is 203 g/mol. The van der Waals surface area contributed by atoms with Crippen LogP contribution in [0, 0.1) is 5.82 Å². The lowest BCUT2D eigenvalue weighted by atomic mass is 9.95. The first-order chi connectivity index (χ1) is 6.68. The van der Waals surface area contributed by atoms with Crippen molar-refractivity contribution >= 4 is 11.6 Å². The average molecular weight is 215 g/mol. The number of nitrogens with one attached hydrogen (secondary N) is 1.